The number of nitrogens with zero attached hydrogens (tertiary/aromatic N) is 17. The Hall–Kier alpha value is -11.5. The first kappa shape index (κ1) is 104. The molecule has 12 heterocycles. The Labute approximate surface area is 825 Å². The quantitative estimate of drug-likeness (QED) is 0.0350. The smallest absolute Gasteiger partial charge is 0.415 e. The molecule has 0 saturated heterocycles. The van der Waals surface area contributed by atoms with Crippen molar-refractivity contribution in [1.82, 2.24) is 73.1 Å². The first-order valence-electron chi connectivity index (χ1n) is 40.6. The lowest BCUT2D eigenvalue weighted by molar-refractivity contribution is -0.138. The first-order valence-corrected chi connectivity index (χ1v) is 47.7. The molecule has 0 spiro atoms. The fraction of sp³-hybridized carbons (Fsp3) is 0.196. The number of allylic oxidation sites excluding steroid dienone is 1. The highest BCUT2D eigenvalue weighted by Crippen LogP contribution is 2.40. The van der Waals surface area contributed by atoms with E-state index in [0.29, 0.717) is 67.5 Å². The fourth-order valence-electron chi connectivity index (χ4n) is 13.1. The summed E-state index contributed by atoms with van der Waals surface area (Å²) >= 11 is 47.3. The number of carbonyl (C=O) groups is 3. The van der Waals surface area contributed by atoms with E-state index in [9.17, 15) is 72.2 Å². The molecule has 0 fully saturated rings. The zero-order chi connectivity index (χ0) is 99.4. The molecule has 2 amide bonds. The lowest BCUT2D eigenvalue weighted by atomic mass is 10.2. The molecule has 0 bridgehead atoms. The van der Waals surface area contributed by atoms with Gasteiger partial charge in [-0.3, -0.25) is 19.4 Å². The molecular weight excluding hydrogens is 2100 g/mol. The number of pyridine rings is 5. The van der Waals surface area contributed by atoms with E-state index in [1.54, 1.807) is 73.5 Å². The molecule has 12 aromatic heterocycles. The van der Waals surface area contributed by atoms with Crippen LogP contribution in [0, 0.1) is 0 Å². The third-order valence-corrected chi connectivity index (χ3v) is 28.3. The maximum absolute atomic E-state index is 13.7. The fourth-order valence-corrected chi connectivity index (χ4v) is 16.6. The second kappa shape index (κ2) is 44.5. The van der Waals surface area contributed by atoms with E-state index in [0.717, 1.165) is 106 Å². The van der Waals surface area contributed by atoms with Crippen LogP contribution in [-0.4, -0.2) is 136 Å². The van der Waals surface area contributed by atoms with Crippen molar-refractivity contribution in [3.63, 3.8) is 0 Å². The van der Waals surface area contributed by atoms with Crippen LogP contribution < -0.4 is 15.1 Å². The zero-order valence-electron chi connectivity index (χ0n) is 72.1. The summed E-state index contributed by atoms with van der Waals surface area (Å²) in [6, 6.07) is 36.2. The number of nitrogens with one attached hydrogen (secondary N) is 1. The normalized spacial score (nSPS) is 12.0. The molecule has 712 valence electrons. The number of alkyl halides is 12. The second-order valence-corrected chi connectivity index (χ2v) is 40.2. The van der Waals surface area contributed by atoms with Gasteiger partial charge in [0.2, 0.25) is 0 Å². The van der Waals surface area contributed by atoms with E-state index in [-0.39, 0.29) is 79.0 Å². The molecular formula is C92H73Br2Cl7F12N18O5Si. The number of hydrogen-bond donors (Lipinski definition) is 2. The van der Waals surface area contributed by atoms with Crippen molar-refractivity contribution >= 4 is 206 Å². The minimum Gasteiger partial charge on any atom is -0.415 e. The van der Waals surface area contributed by atoms with Crippen LogP contribution in [0.25, 0.3) is 73.0 Å². The predicted octanol–water partition coefficient (Wildman–Crippen LogP) is 26.8. The van der Waals surface area contributed by atoms with Crippen molar-refractivity contribution in [3.8, 4) is 22.7 Å². The van der Waals surface area contributed by atoms with E-state index in [1.807, 2.05) is 36.7 Å². The highest BCUT2D eigenvalue weighted by molar-refractivity contribution is 9.10. The standard InChI is InChI=1S/C27H28Cl2F3N5O2Si.C21H14Cl2F3N5O2.C17H16F3N3.C14H8BrF3N2.C8H6BrN.C5HCl3N2O/c1-26(2,3)40(4,5)39-13-12-37(25(38)21-22(28)34-16-35-23(21)29)20-14-17-10-11-36(24(17)33-15-20)19-8-6-18(7-9-19)27(30,31)32;22-17-16(18(23)29-11-28-17)20(33)31(7-8-32)15-9-12-5-6-30(19(12)27-10-15)14-3-1-13(2-4-14)21(24,25)26;1-2-8-21-14-10-12-7-9-23(16(12)22-11-14)15-5-3-13(4-6-15)17(18,19)20;15-11-7-9-5-6-20(13(9)19-8-11)12-3-1-10(2-4-12)14(16,17)18;9-7-4-6-2-1-3-8(6)10-5-7;6-3-2(5(8)11)4(7)10-1-9-3/h6-11,14-16H,12-13H2,1-5H3;1-6,9-11,32H,7-8H2;3-7,9-11,21H,2,8H2,1H3;1-8H;1-2,4-5H,3H2;1H. The van der Waals surface area contributed by atoms with Gasteiger partial charge in [-0.05, 0) is 225 Å². The van der Waals surface area contributed by atoms with Crippen molar-refractivity contribution < 1.29 is 76.6 Å². The van der Waals surface area contributed by atoms with Crippen LogP contribution >= 0.6 is 113 Å². The third-order valence-electron chi connectivity index (χ3n) is 21.0. The van der Waals surface area contributed by atoms with Crippen LogP contribution in [0.4, 0.5) is 69.7 Å². The van der Waals surface area contributed by atoms with Gasteiger partial charge in [-0.25, -0.2) is 49.8 Å². The Morgan fingerprint density at radius 1 is 0.445 bits per heavy atom. The molecule has 23 nitrogen and oxygen atoms in total. The molecule has 45 heteroatoms. The Morgan fingerprint density at radius 2 is 0.774 bits per heavy atom. The molecule has 1 aliphatic rings. The first-order chi connectivity index (χ1) is 64.7. The molecule has 2 N–H and O–H groups in total. The van der Waals surface area contributed by atoms with Crippen molar-refractivity contribution in [3.05, 3.63) is 323 Å². The molecule has 137 heavy (non-hydrogen) atoms. The SMILES string of the molecule is Brc1cnc2c(c1)C=CC2.CC(C)(C)[Si](C)(C)OCCN(C(=O)c1c(Cl)ncnc1Cl)c1cnc2c(ccn2-c2ccc(C(F)(F)F)cc2)c1.CCCNc1cnc2c(ccn2-c2ccc(C(F)(F)F)cc2)c1.FC(F)(F)c1ccc(-n2ccc3cc(Br)cnc32)cc1.O=C(Cl)c1c(Cl)ncnc1Cl.O=C(c1c(Cl)ncnc1Cl)N(CCO)c1cnc2c(ccn2-c2ccc(C(F)(F)F)cc2)c1. The minimum atomic E-state index is -4.43. The highest BCUT2D eigenvalue weighted by Gasteiger charge is 2.39. The lowest BCUT2D eigenvalue weighted by Crippen LogP contribution is -2.43. The van der Waals surface area contributed by atoms with E-state index in [4.69, 9.17) is 85.6 Å². The minimum absolute atomic E-state index is 0.0244. The third kappa shape index (κ3) is 25.9. The number of carbonyl (C=O) groups excluding carboxylic acids is 3. The van der Waals surface area contributed by atoms with Crippen molar-refractivity contribution in [2.75, 3.05) is 48.0 Å². The van der Waals surface area contributed by atoms with Gasteiger partial charge in [0.1, 0.15) is 89.2 Å². The Kier molecular flexibility index (Phi) is 33.9. The summed E-state index contributed by atoms with van der Waals surface area (Å²) in [6.45, 7) is 13.6. The number of aromatic nitrogens is 15. The molecule has 17 rings (SSSR count). The lowest BCUT2D eigenvalue weighted by Gasteiger charge is -2.36. The second-order valence-electron chi connectivity index (χ2n) is 31.1. The Bertz CT molecular complexity index is 7000. The number of halogens is 21. The largest absolute Gasteiger partial charge is 0.416 e. The van der Waals surface area contributed by atoms with Crippen LogP contribution in [0.15, 0.2) is 241 Å². The molecule has 0 saturated carbocycles. The van der Waals surface area contributed by atoms with Crippen LogP contribution in [0.3, 0.4) is 0 Å². The number of aliphatic hydroxyl groups is 1. The van der Waals surface area contributed by atoms with Crippen molar-refractivity contribution in [1.29, 1.82) is 0 Å². The average molecular weight is 2170 g/mol. The van der Waals surface area contributed by atoms with Gasteiger partial charge < -0.3 is 42.9 Å². The summed E-state index contributed by atoms with van der Waals surface area (Å²) in [5.41, 5.74) is 5.83. The topological polar surface area (TPSA) is 261 Å². The summed E-state index contributed by atoms with van der Waals surface area (Å²) in [5, 5.41) is 14.6. The van der Waals surface area contributed by atoms with Crippen LogP contribution in [-0.2, 0) is 35.6 Å². The molecule has 0 unspecified atom stereocenters. The summed E-state index contributed by atoms with van der Waals surface area (Å²) in [7, 11) is -2.11. The highest BCUT2D eigenvalue weighted by atomic mass is 79.9. The monoisotopic (exact) mass is 2170 g/mol. The van der Waals surface area contributed by atoms with E-state index < -0.39 is 72.3 Å². The zero-order valence-corrected chi connectivity index (χ0v) is 81.5. The van der Waals surface area contributed by atoms with Gasteiger partial charge in [0.05, 0.1) is 76.8 Å². The maximum atomic E-state index is 13.7. The van der Waals surface area contributed by atoms with E-state index >= 15 is 0 Å². The van der Waals surface area contributed by atoms with Gasteiger partial charge in [0, 0.05) is 116 Å². The predicted molar refractivity (Wildman–Crippen MR) is 515 cm³/mol. The van der Waals surface area contributed by atoms with E-state index in [1.165, 1.54) is 88.3 Å². The number of anilines is 3. The van der Waals surface area contributed by atoms with Crippen LogP contribution in [0.1, 0.15) is 98.7 Å². The van der Waals surface area contributed by atoms with Gasteiger partial charge >= 0.3 is 24.7 Å². The molecule has 0 atom stereocenters. The summed E-state index contributed by atoms with van der Waals surface area (Å²) < 4.78 is 168. The van der Waals surface area contributed by atoms with Gasteiger partial charge in [0.15, 0.2) is 8.32 Å². The summed E-state index contributed by atoms with van der Waals surface area (Å²) in [4.78, 5) is 84.4. The molecule has 0 radical (unpaired) electrons. The summed E-state index contributed by atoms with van der Waals surface area (Å²) in [5.74, 6) is -1.14. The number of aliphatic hydroxyl groups excluding tert-OH is 1. The van der Waals surface area contributed by atoms with Crippen LogP contribution in [0.5, 0.6) is 0 Å². The number of benzene rings is 4. The molecule has 16 aromatic rings. The van der Waals surface area contributed by atoms with Gasteiger partial charge in [-0.1, -0.05) is 109 Å². The van der Waals surface area contributed by atoms with Crippen molar-refractivity contribution in [2.45, 2.75) is 83.4 Å². The number of rotatable bonds is 18. The molecule has 0 aliphatic heterocycles. The van der Waals surface area contributed by atoms with Crippen molar-refractivity contribution in [2.24, 2.45) is 0 Å². The number of hydrogen-bond acceptors (Lipinski definition) is 17. The van der Waals surface area contributed by atoms with E-state index in [2.05, 4.69) is 151 Å². The number of amides is 2. The average Bonchev–Trinajstić information content (AvgIpc) is 1.71. The van der Waals surface area contributed by atoms with Crippen LogP contribution in [0.2, 0.25) is 49.1 Å². The maximum Gasteiger partial charge on any atom is 0.416 e. The number of fused-ring (bicyclic) bond motifs is 5. The Morgan fingerprint density at radius 3 is 1.12 bits per heavy atom. The van der Waals surface area contributed by atoms with Gasteiger partial charge in [-0.2, -0.15) is 52.7 Å². The van der Waals surface area contributed by atoms with Gasteiger partial charge in [-0.15, -0.1) is 0 Å². The Balaban J connectivity index is 0.000000156. The summed E-state index contributed by atoms with van der Waals surface area (Å²) in [6.07, 6.45) is 7.28. The van der Waals surface area contributed by atoms with Gasteiger partial charge in [0.25, 0.3) is 17.1 Å². The molecule has 1 aliphatic carbocycles. The molecule has 4 aromatic carbocycles.